The molecule has 0 bridgehead atoms. The molecule has 0 aromatic heterocycles. The van der Waals surface area contributed by atoms with Crippen LogP contribution in [0, 0.1) is 0 Å². The molecular formula is C26H29N3O7S. The van der Waals surface area contributed by atoms with Crippen molar-refractivity contribution in [3.05, 3.63) is 60.2 Å². The number of nitrogens with zero attached hydrogens (tertiary/aromatic N) is 1. The number of carbonyl (C=O) groups is 3. The average Bonchev–Trinajstić information content (AvgIpc) is 2.91. The van der Waals surface area contributed by atoms with E-state index in [0.717, 1.165) is 0 Å². The van der Waals surface area contributed by atoms with Gasteiger partial charge in [0.2, 0.25) is 11.8 Å². The van der Waals surface area contributed by atoms with Gasteiger partial charge in [-0.3, -0.25) is 19.7 Å². The number of esters is 1. The number of nitrogens with one attached hydrogen (secondary N) is 2. The van der Waals surface area contributed by atoms with Gasteiger partial charge < -0.3 is 29.2 Å². The summed E-state index contributed by atoms with van der Waals surface area (Å²) in [5.74, 6) is 0.332. The first kappa shape index (κ1) is 27.5. The number of hydrogen-bond donors (Lipinski definition) is 2. The molecule has 0 spiro atoms. The lowest BCUT2D eigenvalue weighted by Gasteiger charge is -2.36. The monoisotopic (exact) mass is 527 g/mol. The Balaban J connectivity index is 1.52. The number of hydrogen-bond acceptors (Lipinski definition) is 8. The van der Waals surface area contributed by atoms with Gasteiger partial charge in [0, 0.05) is 19.2 Å². The van der Waals surface area contributed by atoms with E-state index >= 15 is 0 Å². The van der Waals surface area contributed by atoms with Crippen molar-refractivity contribution in [1.29, 1.82) is 0 Å². The number of piperazine rings is 1. The molecule has 1 saturated heterocycles. The molecule has 1 aliphatic heterocycles. The van der Waals surface area contributed by atoms with Crippen LogP contribution in [-0.2, 0) is 19.1 Å². The van der Waals surface area contributed by atoms with Crippen molar-refractivity contribution in [2.45, 2.75) is 12.5 Å². The Morgan fingerprint density at radius 2 is 1.86 bits per heavy atom. The van der Waals surface area contributed by atoms with Crippen LogP contribution in [0.1, 0.15) is 12.0 Å². The van der Waals surface area contributed by atoms with Crippen molar-refractivity contribution >= 4 is 41.2 Å². The van der Waals surface area contributed by atoms with E-state index in [2.05, 4.69) is 10.6 Å². The summed E-state index contributed by atoms with van der Waals surface area (Å²) < 4.78 is 21.2. The van der Waals surface area contributed by atoms with Gasteiger partial charge in [-0.2, -0.15) is 0 Å². The third kappa shape index (κ3) is 8.21. The lowest BCUT2D eigenvalue weighted by molar-refractivity contribution is -0.148. The molecule has 2 aromatic rings. The second kappa shape index (κ2) is 13.8. The number of thiocarbonyl (C=S) groups is 1. The van der Waals surface area contributed by atoms with E-state index in [4.69, 9.17) is 31.2 Å². The number of methoxy groups -OCH3 is 2. The molecule has 1 fully saturated rings. The summed E-state index contributed by atoms with van der Waals surface area (Å²) in [4.78, 5) is 38.8. The Kier molecular flexibility index (Phi) is 10.3. The highest BCUT2D eigenvalue weighted by Gasteiger charge is 2.34. The number of benzene rings is 2. The highest BCUT2D eigenvalue weighted by Crippen LogP contribution is 2.27. The molecule has 2 N–H and O–H groups in total. The van der Waals surface area contributed by atoms with Crippen molar-refractivity contribution in [2.24, 2.45) is 0 Å². The summed E-state index contributed by atoms with van der Waals surface area (Å²) >= 11 is 5.37. The normalized spacial score (nSPS) is 15.0. The largest absolute Gasteiger partial charge is 0.493 e. The minimum Gasteiger partial charge on any atom is -0.493 e. The van der Waals surface area contributed by atoms with Gasteiger partial charge in [0.25, 0.3) is 0 Å². The van der Waals surface area contributed by atoms with E-state index in [1.165, 1.54) is 25.2 Å². The summed E-state index contributed by atoms with van der Waals surface area (Å²) in [6, 6.07) is 13.5. The molecule has 0 radical (unpaired) electrons. The van der Waals surface area contributed by atoms with E-state index in [9.17, 15) is 14.4 Å². The van der Waals surface area contributed by atoms with Gasteiger partial charge in [-0.15, -0.1) is 0 Å². The third-order valence-corrected chi connectivity index (χ3v) is 5.71. The smallest absolute Gasteiger partial charge is 0.308 e. The molecule has 11 heteroatoms. The first-order valence-electron chi connectivity index (χ1n) is 11.5. The van der Waals surface area contributed by atoms with Crippen molar-refractivity contribution < 1.29 is 33.3 Å². The predicted octanol–water partition coefficient (Wildman–Crippen LogP) is 1.93. The molecule has 0 saturated carbocycles. The molecular weight excluding hydrogens is 498 g/mol. The quantitative estimate of drug-likeness (QED) is 0.207. The zero-order valence-electron chi connectivity index (χ0n) is 20.6. The fraction of sp³-hybridized carbons (Fsp3) is 0.308. The van der Waals surface area contributed by atoms with Crippen LogP contribution < -0.4 is 24.8 Å². The van der Waals surface area contributed by atoms with Gasteiger partial charge in [0.1, 0.15) is 25.0 Å². The number of para-hydroxylation sites is 1. The van der Waals surface area contributed by atoms with Crippen LogP contribution in [0.25, 0.3) is 6.08 Å². The Morgan fingerprint density at radius 3 is 2.59 bits per heavy atom. The summed E-state index contributed by atoms with van der Waals surface area (Å²) in [5, 5.41) is 5.34. The number of carbonyl (C=O) groups excluding carboxylic acids is 3. The molecule has 196 valence electrons. The Morgan fingerprint density at radius 1 is 1.11 bits per heavy atom. The van der Waals surface area contributed by atoms with Gasteiger partial charge >= 0.3 is 5.97 Å². The van der Waals surface area contributed by atoms with Crippen molar-refractivity contribution in [2.75, 3.05) is 40.5 Å². The minimum atomic E-state index is -0.904. The van der Waals surface area contributed by atoms with E-state index in [-0.39, 0.29) is 30.7 Å². The van der Waals surface area contributed by atoms with Crippen LogP contribution in [0.15, 0.2) is 54.6 Å². The molecule has 37 heavy (non-hydrogen) atoms. The number of ether oxygens (including phenoxy) is 4. The van der Waals surface area contributed by atoms with Gasteiger partial charge in [0.15, 0.2) is 16.6 Å². The molecule has 10 nitrogen and oxygen atoms in total. The van der Waals surface area contributed by atoms with E-state index in [0.29, 0.717) is 35.9 Å². The van der Waals surface area contributed by atoms with Crippen molar-refractivity contribution in [1.82, 2.24) is 15.5 Å². The van der Waals surface area contributed by atoms with Crippen molar-refractivity contribution in [3.8, 4) is 17.2 Å². The zero-order valence-corrected chi connectivity index (χ0v) is 21.4. The SMILES string of the molecule is COc1ccc(C=CC(=O)NC(=S)N2CCNC(=O)C2CC(=O)OCCOc2ccccc2)cc1OC. The maximum Gasteiger partial charge on any atom is 0.308 e. The van der Waals surface area contributed by atoms with E-state index < -0.39 is 17.9 Å². The third-order valence-electron chi connectivity index (χ3n) is 5.37. The highest BCUT2D eigenvalue weighted by atomic mass is 32.1. The fourth-order valence-electron chi connectivity index (χ4n) is 3.56. The van der Waals surface area contributed by atoms with Crippen LogP contribution in [0.4, 0.5) is 0 Å². The second-order valence-electron chi connectivity index (χ2n) is 7.83. The maximum atomic E-state index is 12.5. The van der Waals surface area contributed by atoms with Gasteiger partial charge in [-0.05, 0) is 48.1 Å². The Hall–Kier alpha value is -4.12. The van der Waals surface area contributed by atoms with Crippen LogP contribution in [0.2, 0.25) is 0 Å². The minimum absolute atomic E-state index is 0.0319. The molecule has 3 rings (SSSR count). The first-order chi connectivity index (χ1) is 17.9. The molecule has 1 unspecified atom stereocenters. The number of amides is 2. The van der Waals surface area contributed by atoms with E-state index in [1.807, 2.05) is 18.2 Å². The second-order valence-corrected chi connectivity index (χ2v) is 8.22. The maximum absolute atomic E-state index is 12.5. The molecule has 2 amide bonds. The molecule has 1 atom stereocenters. The van der Waals surface area contributed by atoms with E-state index in [1.54, 1.807) is 36.4 Å². The van der Waals surface area contributed by atoms with Gasteiger partial charge in [-0.25, -0.2) is 0 Å². The summed E-state index contributed by atoms with van der Waals surface area (Å²) in [5.41, 5.74) is 0.716. The molecule has 1 heterocycles. The molecule has 1 aliphatic rings. The average molecular weight is 528 g/mol. The molecule has 0 aliphatic carbocycles. The summed E-state index contributed by atoms with van der Waals surface area (Å²) in [6.07, 6.45) is 2.68. The Labute approximate surface area is 220 Å². The van der Waals surface area contributed by atoms with Crippen LogP contribution in [0.3, 0.4) is 0 Å². The fourth-order valence-corrected chi connectivity index (χ4v) is 3.88. The first-order valence-corrected chi connectivity index (χ1v) is 11.9. The summed E-state index contributed by atoms with van der Waals surface area (Å²) in [7, 11) is 3.06. The van der Waals surface area contributed by atoms with Gasteiger partial charge in [-0.1, -0.05) is 24.3 Å². The lowest BCUT2D eigenvalue weighted by Crippen LogP contribution is -2.60. The number of rotatable bonds is 10. The highest BCUT2D eigenvalue weighted by molar-refractivity contribution is 7.80. The van der Waals surface area contributed by atoms with Crippen LogP contribution >= 0.6 is 12.2 Å². The Bertz CT molecular complexity index is 1140. The standard InChI is InChI=1S/C26H29N3O7S/c1-33-21-10-8-18(16-22(21)34-2)9-11-23(30)28-26(37)29-13-12-27-25(32)20(29)17-24(31)36-15-14-35-19-6-4-3-5-7-19/h3-11,16,20H,12-15,17H2,1-2H3,(H,27,32)(H,28,30,37). The summed E-state index contributed by atoms with van der Waals surface area (Å²) in [6.45, 7) is 0.869. The van der Waals surface area contributed by atoms with Crippen LogP contribution in [0.5, 0.6) is 17.2 Å². The van der Waals surface area contributed by atoms with Gasteiger partial charge in [0.05, 0.1) is 20.6 Å². The topological polar surface area (TPSA) is 115 Å². The van der Waals surface area contributed by atoms with Crippen molar-refractivity contribution in [3.63, 3.8) is 0 Å². The lowest BCUT2D eigenvalue weighted by atomic mass is 10.1. The predicted molar refractivity (Wildman–Crippen MR) is 140 cm³/mol. The molecule has 2 aromatic carbocycles. The zero-order chi connectivity index (χ0) is 26.6. The van der Waals surface area contributed by atoms with Crippen LogP contribution in [-0.4, -0.2) is 74.4 Å².